The van der Waals surface area contributed by atoms with Crippen LogP contribution in [0.4, 0.5) is 0 Å². The Bertz CT molecular complexity index is 1620. The number of esters is 3. The van der Waals surface area contributed by atoms with Crippen molar-refractivity contribution < 1.29 is 28.6 Å². The lowest BCUT2D eigenvalue weighted by atomic mass is 10.0. The van der Waals surface area contributed by atoms with Crippen LogP contribution in [0.5, 0.6) is 0 Å². The third-order valence-corrected chi connectivity index (χ3v) is 14.8. The number of hydrogen-bond donors (Lipinski definition) is 0. The number of carbonyl (C=O) groups excluding carboxylic acids is 3. The molecular formula is C75H128O6. The maximum absolute atomic E-state index is 12.9. The Morgan fingerprint density at radius 2 is 0.481 bits per heavy atom. The van der Waals surface area contributed by atoms with Crippen molar-refractivity contribution in [1.29, 1.82) is 0 Å². The molecule has 0 heterocycles. The van der Waals surface area contributed by atoms with Gasteiger partial charge < -0.3 is 14.2 Å². The van der Waals surface area contributed by atoms with E-state index in [9.17, 15) is 14.4 Å². The van der Waals surface area contributed by atoms with Crippen molar-refractivity contribution in [1.82, 2.24) is 0 Å². The minimum Gasteiger partial charge on any atom is -0.462 e. The Hall–Kier alpha value is -3.93. The van der Waals surface area contributed by atoms with E-state index in [4.69, 9.17) is 14.2 Å². The van der Waals surface area contributed by atoms with Crippen molar-refractivity contribution >= 4 is 17.9 Å². The Morgan fingerprint density at radius 1 is 0.259 bits per heavy atom. The Kier molecular flexibility index (Phi) is 65.2. The second-order valence-corrected chi connectivity index (χ2v) is 22.7. The zero-order valence-corrected chi connectivity index (χ0v) is 53.3. The van der Waals surface area contributed by atoms with Gasteiger partial charge in [0, 0.05) is 19.3 Å². The first kappa shape index (κ1) is 77.1. The highest BCUT2D eigenvalue weighted by Crippen LogP contribution is 2.17. The molecule has 0 saturated carbocycles. The number of ether oxygens (including phenoxy) is 3. The van der Waals surface area contributed by atoms with Gasteiger partial charge in [-0.3, -0.25) is 14.4 Å². The zero-order valence-electron chi connectivity index (χ0n) is 53.3. The van der Waals surface area contributed by atoms with Gasteiger partial charge in [-0.15, -0.1) is 0 Å². The van der Waals surface area contributed by atoms with Crippen LogP contribution in [0.15, 0.2) is 109 Å². The van der Waals surface area contributed by atoms with E-state index in [2.05, 4.69) is 130 Å². The number of unbranched alkanes of at least 4 members (excludes halogenated alkanes) is 33. The smallest absolute Gasteiger partial charge is 0.306 e. The summed E-state index contributed by atoms with van der Waals surface area (Å²) in [5.41, 5.74) is 0. The SMILES string of the molecule is CC/C=C\C/C=C\C/C=C\C/C=C\C/C=C\C/C=C\C/C=C\C/C=C\C/C=C\CCCC(=O)OCC(COC(=O)CCCCCCCCCC)OC(=O)CCCCCCCCCCCCCCCCCCCCCCCCCCCC. The van der Waals surface area contributed by atoms with Crippen molar-refractivity contribution in [2.75, 3.05) is 13.2 Å². The fourth-order valence-corrected chi connectivity index (χ4v) is 9.68. The van der Waals surface area contributed by atoms with Gasteiger partial charge in [-0.05, 0) is 83.5 Å². The molecule has 0 saturated heterocycles. The molecule has 0 aromatic rings. The topological polar surface area (TPSA) is 78.9 Å². The van der Waals surface area contributed by atoms with E-state index in [1.54, 1.807) is 0 Å². The van der Waals surface area contributed by atoms with E-state index in [0.717, 1.165) is 103 Å². The van der Waals surface area contributed by atoms with Crippen LogP contribution in [0.2, 0.25) is 0 Å². The largest absolute Gasteiger partial charge is 0.462 e. The second kappa shape index (κ2) is 68.6. The summed E-state index contributed by atoms with van der Waals surface area (Å²) in [6.45, 7) is 6.48. The van der Waals surface area contributed by atoms with Crippen molar-refractivity contribution in [2.45, 2.75) is 335 Å². The minimum atomic E-state index is -0.800. The minimum absolute atomic E-state index is 0.0934. The summed E-state index contributed by atoms with van der Waals surface area (Å²) in [5, 5.41) is 0. The van der Waals surface area contributed by atoms with Crippen LogP contribution in [0, 0.1) is 0 Å². The average Bonchev–Trinajstić information content (AvgIpc) is 3.47. The monoisotopic (exact) mass is 1120 g/mol. The molecule has 0 N–H and O–H groups in total. The molecule has 0 radical (unpaired) electrons. The lowest BCUT2D eigenvalue weighted by molar-refractivity contribution is -0.167. The lowest BCUT2D eigenvalue weighted by Gasteiger charge is -2.18. The molecule has 0 amide bonds. The Morgan fingerprint density at radius 3 is 0.753 bits per heavy atom. The summed E-state index contributed by atoms with van der Waals surface area (Å²) < 4.78 is 16.8. The first-order chi connectivity index (χ1) is 40.0. The van der Waals surface area contributed by atoms with E-state index in [1.165, 1.54) is 180 Å². The number of carbonyl (C=O) groups is 3. The lowest BCUT2D eigenvalue weighted by Crippen LogP contribution is -2.30. The zero-order chi connectivity index (χ0) is 58.5. The van der Waals surface area contributed by atoms with Gasteiger partial charge in [-0.1, -0.05) is 336 Å². The van der Waals surface area contributed by atoms with Crippen molar-refractivity contribution in [3.05, 3.63) is 109 Å². The molecule has 6 heteroatoms. The van der Waals surface area contributed by atoms with Crippen LogP contribution in [0.3, 0.4) is 0 Å². The molecular weight excluding hydrogens is 997 g/mol. The van der Waals surface area contributed by atoms with Gasteiger partial charge in [0.05, 0.1) is 0 Å². The molecule has 0 aliphatic heterocycles. The van der Waals surface area contributed by atoms with Gasteiger partial charge in [0.1, 0.15) is 13.2 Å². The Balaban J connectivity index is 4.24. The Labute approximate surface area is 501 Å². The van der Waals surface area contributed by atoms with Gasteiger partial charge in [0.15, 0.2) is 6.10 Å². The summed E-state index contributed by atoms with van der Waals surface area (Å²) in [6.07, 6.45) is 94.3. The van der Waals surface area contributed by atoms with Crippen molar-refractivity contribution in [3.63, 3.8) is 0 Å². The van der Waals surface area contributed by atoms with E-state index >= 15 is 0 Å². The molecule has 0 aliphatic rings. The number of rotatable bonds is 62. The molecule has 0 fully saturated rings. The predicted molar refractivity (Wildman–Crippen MR) is 353 cm³/mol. The van der Waals surface area contributed by atoms with Crippen LogP contribution in [0.1, 0.15) is 329 Å². The summed E-state index contributed by atoms with van der Waals surface area (Å²) in [7, 11) is 0. The normalized spacial score (nSPS) is 12.8. The number of allylic oxidation sites excluding steroid dienone is 18. The summed E-state index contributed by atoms with van der Waals surface area (Å²) in [6, 6.07) is 0. The highest BCUT2D eigenvalue weighted by atomic mass is 16.6. The van der Waals surface area contributed by atoms with Crippen molar-refractivity contribution in [3.8, 4) is 0 Å². The third-order valence-electron chi connectivity index (χ3n) is 14.8. The molecule has 464 valence electrons. The maximum Gasteiger partial charge on any atom is 0.306 e. The highest BCUT2D eigenvalue weighted by molar-refractivity contribution is 5.71. The van der Waals surface area contributed by atoms with E-state index in [0.29, 0.717) is 19.3 Å². The first-order valence-corrected chi connectivity index (χ1v) is 34.4. The standard InChI is InChI=1S/C75H128O6/c1-4-7-10-13-16-19-21-23-25-27-29-31-33-35-37-38-39-41-42-44-46-48-50-52-54-56-59-62-65-68-74(77)80-71-72(70-79-73(76)67-64-61-58-18-15-12-9-6-3)81-75(78)69-66-63-60-57-55-53-51-49-47-45-43-40-36-34-32-30-28-26-24-22-20-17-14-11-8-5-2/h7,10,16,19,23,25,29,31,35,37,39,41,44,46,50,52,56,59,72H,4-6,8-9,11-15,17-18,20-22,24,26-28,30,32-34,36,38,40,42-43,45,47-49,51,53-55,57-58,60-71H2,1-3H3/b10-7-,19-16-,25-23-,31-29-,37-35-,41-39-,46-44-,52-50-,59-56-. The number of hydrogen-bond acceptors (Lipinski definition) is 6. The van der Waals surface area contributed by atoms with Crippen LogP contribution in [0.25, 0.3) is 0 Å². The average molecular weight is 1130 g/mol. The van der Waals surface area contributed by atoms with Gasteiger partial charge in [-0.2, -0.15) is 0 Å². The second-order valence-electron chi connectivity index (χ2n) is 22.7. The van der Waals surface area contributed by atoms with E-state index < -0.39 is 6.10 Å². The van der Waals surface area contributed by atoms with Crippen molar-refractivity contribution in [2.24, 2.45) is 0 Å². The first-order valence-electron chi connectivity index (χ1n) is 34.4. The van der Waals surface area contributed by atoms with Gasteiger partial charge in [0.2, 0.25) is 0 Å². The fourth-order valence-electron chi connectivity index (χ4n) is 9.68. The van der Waals surface area contributed by atoms with Crippen LogP contribution in [-0.2, 0) is 28.6 Å². The molecule has 81 heavy (non-hydrogen) atoms. The molecule has 0 spiro atoms. The molecule has 0 bridgehead atoms. The molecule has 0 aromatic carbocycles. The van der Waals surface area contributed by atoms with Crippen LogP contribution in [-0.4, -0.2) is 37.2 Å². The van der Waals surface area contributed by atoms with Gasteiger partial charge >= 0.3 is 17.9 Å². The van der Waals surface area contributed by atoms with Gasteiger partial charge in [-0.25, -0.2) is 0 Å². The predicted octanol–water partition coefficient (Wildman–Crippen LogP) is 23.8. The molecule has 1 unspecified atom stereocenters. The summed E-state index contributed by atoms with van der Waals surface area (Å²) in [5.74, 6) is -0.949. The van der Waals surface area contributed by atoms with Crippen LogP contribution < -0.4 is 0 Å². The summed E-state index contributed by atoms with van der Waals surface area (Å²) in [4.78, 5) is 38.2. The molecule has 1 atom stereocenters. The molecule has 6 nitrogen and oxygen atoms in total. The highest BCUT2D eigenvalue weighted by Gasteiger charge is 2.19. The molecule has 0 aliphatic carbocycles. The van der Waals surface area contributed by atoms with E-state index in [1.807, 2.05) is 0 Å². The van der Waals surface area contributed by atoms with Gasteiger partial charge in [0.25, 0.3) is 0 Å². The van der Waals surface area contributed by atoms with Crippen LogP contribution >= 0.6 is 0 Å². The quantitative estimate of drug-likeness (QED) is 0.0261. The molecule has 0 aromatic heterocycles. The fraction of sp³-hybridized carbons (Fsp3) is 0.720. The molecule has 0 rings (SSSR count). The summed E-state index contributed by atoms with van der Waals surface area (Å²) >= 11 is 0. The van der Waals surface area contributed by atoms with E-state index in [-0.39, 0.29) is 37.5 Å². The third kappa shape index (κ3) is 66.8. The maximum atomic E-state index is 12.9.